The van der Waals surface area contributed by atoms with Crippen LogP contribution in [0.4, 0.5) is 0 Å². The number of unbranched alkanes of at least 4 members (excludes halogenated alkanes) is 1. The zero-order chi connectivity index (χ0) is 23.9. The van der Waals surface area contributed by atoms with Crippen molar-refractivity contribution in [1.82, 2.24) is 24.8 Å². The molecule has 2 unspecified atom stereocenters. The largest absolute Gasteiger partial charge is 0.324 e. The molecular weight excluding hydrogens is 406 g/mol. The van der Waals surface area contributed by atoms with Gasteiger partial charge in [-0.05, 0) is 75.7 Å². The molecular formula is C28H43N5. The van der Waals surface area contributed by atoms with E-state index in [0.29, 0.717) is 6.04 Å². The van der Waals surface area contributed by atoms with Crippen LogP contribution in [0.3, 0.4) is 0 Å². The number of allylic oxidation sites excluding steroid dienone is 1. The average Bonchev–Trinajstić information content (AvgIpc) is 3.31. The van der Waals surface area contributed by atoms with Crippen LogP contribution < -0.4 is 5.32 Å². The van der Waals surface area contributed by atoms with E-state index in [9.17, 15) is 0 Å². The van der Waals surface area contributed by atoms with E-state index in [0.717, 1.165) is 32.2 Å². The number of aromatic nitrogens is 3. The van der Waals surface area contributed by atoms with Crippen LogP contribution in [0.5, 0.6) is 0 Å². The molecule has 1 fully saturated rings. The standard InChI is InChI=1S/C21H31N5.C5H6.C2H6/c1-2-3-10-22-15-25-13-19(24-16-25)14-26-12-5-7-18-9-8-17-6-4-11-23-20(17)21(18)26;1-3-5-4-2;1-2/h4,6,11,13,16,18,21-22H,2-3,5,7-10,12,14-15H2,1H3;3H,1H2,2H3;1-2H3. The van der Waals surface area contributed by atoms with E-state index in [1.165, 1.54) is 55.5 Å². The third-order valence-electron chi connectivity index (χ3n) is 6.15. The number of rotatable bonds is 7. The van der Waals surface area contributed by atoms with Crippen LogP contribution in [0.1, 0.15) is 82.8 Å². The minimum Gasteiger partial charge on any atom is -0.324 e. The highest BCUT2D eigenvalue weighted by Gasteiger charge is 2.37. The highest BCUT2D eigenvalue weighted by atomic mass is 15.2. The summed E-state index contributed by atoms with van der Waals surface area (Å²) < 4.78 is 2.17. The number of nitrogens with one attached hydrogen (secondary N) is 1. The van der Waals surface area contributed by atoms with Gasteiger partial charge in [-0.25, -0.2) is 4.98 Å². The van der Waals surface area contributed by atoms with Crippen molar-refractivity contribution in [1.29, 1.82) is 0 Å². The monoisotopic (exact) mass is 449 g/mol. The average molecular weight is 450 g/mol. The molecule has 1 aliphatic heterocycles. The summed E-state index contributed by atoms with van der Waals surface area (Å²) in [7, 11) is 0. The summed E-state index contributed by atoms with van der Waals surface area (Å²) in [6.45, 7) is 15.4. The first-order valence-electron chi connectivity index (χ1n) is 12.7. The second-order valence-corrected chi connectivity index (χ2v) is 8.39. The molecule has 0 amide bonds. The highest BCUT2D eigenvalue weighted by molar-refractivity contribution is 5.27. The maximum Gasteiger partial charge on any atom is 0.0960 e. The van der Waals surface area contributed by atoms with Gasteiger partial charge in [-0.15, -0.1) is 5.92 Å². The predicted octanol–water partition coefficient (Wildman–Crippen LogP) is 5.75. The van der Waals surface area contributed by atoms with Crippen LogP contribution in [0.15, 0.2) is 43.5 Å². The quantitative estimate of drug-likeness (QED) is 0.432. The molecule has 1 aliphatic carbocycles. The molecule has 180 valence electrons. The molecule has 0 radical (unpaired) electrons. The molecule has 0 bridgehead atoms. The second-order valence-electron chi connectivity index (χ2n) is 8.39. The first kappa shape index (κ1) is 26.8. The van der Waals surface area contributed by atoms with Gasteiger partial charge in [0.05, 0.1) is 30.4 Å². The van der Waals surface area contributed by atoms with Gasteiger partial charge in [-0.2, -0.15) is 0 Å². The van der Waals surface area contributed by atoms with Gasteiger partial charge in [-0.3, -0.25) is 15.2 Å². The molecule has 2 atom stereocenters. The topological polar surface area (TPSA) is 46.0 Å². The molecule has 5 nitrogen and oxygen atoms in total. The van der Waals surface area contributed by atoms with E-state index in [2.05, 4.69) is 63.4 Å². The fourth-order valence-corrected chi connectivity index (χ4v) is 4.69. The van der Waals surface area contributed by atoms with Crippen LogP contribution in [-0.2, 0) is 19.6 Å². The van der Waals surface area contributed by atoms with E-state index >= 15 is 0 Å². The van der Waals surface area contributed by atoms with Crippen molar-refractivity contribution in [3.63, 3.8) is 0 Å². The van der Waals surface area contributed by atoms with Crippen LogP contribution in [0.25, 0.3) is 0 Å². The van der Waals surface area contributed by atoms with Crippen LogP contribution in [-0.4, -0.2) is 32.5 Å². The lowest BCUT2D eigenvalue weighted by atomic mass is 9.77. The molecule has 2 aromatic rings. The lowest BCUT2D eigenvalue weighted by Gasteiger charge is -2.44. The van der Waals surface area contributed by atoms with E-state index < -0.39 is 0 Å². The van der Waals surface area contributed by atoms with Crippen molar-refractivity contribution in [2.45, 2.75) is 85.5 Å². The fraction of sp³-hybridized carbons (Fsp3) is 0.571. The zero-order valence-electron chi connectivity index (χ0n) is 21.2. The number of imidazole rings is 1. The molecule has 1 N–H and O–H groups in total. The van der Waals surface area contributed by atoms with Crippen molar-refractivity contribution < 1.29 is 0 Å². The van der Waals surface area contributed by atoms with Gasteiger partial charge >= 0.3 is 0 Å². The van der Waals surface area contributed by atoms with Gasteiger partial charge in [0.1, 0.15) is 0 Å². The number of fused-ring (bicyclic) bond motifs is 3. The molecule has 2 aromatic heterocycles. The van der Waals surface area contributed by atoms with Crippen LogP contribution in [0.2, 0.25) is 0 Å². The smallest absolute Gasteiger partial charge is 0.0960 e. The zero-order valence-corrected chi connectivity index (χ0v) is 21.2. The number of hydrogen-bond acceptors (Lipinski definition) is 4. The van der Waals surface area contributed by atoms with Crippen molar-refractivity contribution >= 4 is 0 Å². The summed E-state index contributed by atoms with van der Waals surface area (Å²) in [5.41, 5.74) is 3.95. The van der Waals surface area contributed by atoms with E-state index in [1.807, 2.05) is 26.4 Å². The number of hydrogen-bond donors (Lipinski definition) is 1. The molecule has 1 saturated heterocycles. The summed E-state index contributed by atoms with van der Waals surface area (Å²) in [6.07, 6.45) is 15.3. The number of pyridine rings is 1. The molecule has 0 aromatic carbocycles. The lowest BCUT2D eigenvalue weighted by Crippen LogP contribution is -2.41. The summed E-state index contributed by atoms with van der Waals surface area (Å²) >= 11 is 0. The number of nitrogens with zero attached hydrogens (tertiary/aromatic N) is 4. The normalized spacial score (nSPS) is 18.8. The Balaban J connectivity index is 0.000000489. The Bertz CT molecular complexity index is 876. The van der Waals surface area contributed by atoms with Crippen LogP contribution >= 0.6 is 0 Å². The van der Waals surface area contributed by atoms with Crippen molar-refractivity contribution in [2.24, 2.45) is 5.92 Å². The van der Waals surface area contributed by atoms with Crippen molar-refractivity contribution in [3.8, 4) is 11.8 Å². The number of piperidine rings is 1. The van der Waals surface area contributed by atoms with E-state index in [1.54, 1.807) is 13.0 Å². The number of aryl methyl sites for hydroxylation is 1. The minimum absolute atomic E-state index is 0.474. The van der Waals surface area contributed by atoms with Crippen molar-refractivity contribution in [2.75, 3.05) is 13.1 Å². The summed E-state index contributed by atoms with van der Waals surface area (Å²) in [5.74, 6) is 6.03. The Morgan fingerprint density at radius 3 is 2.85 bits per heavy atom. The third-order valence-corrected chi connectivity index (χ3v) is 6.15. The molecule has 2 aliphatic rings. The van der Waals surface area contributed by atoms with E-state index in [-0.39, 0.29) is 0 Å². The Hall–Kier alpha value is -2.42. The maximum atomic E-state index is 4.78. The molecule has 3 heterocycles. The molecule has 0 saturated carbocycles. The molecule has 4 rings (SSSR count). The maximum absolute atomic E-state index is 4.78. The fourth-order valence-electron chi connectivity index (χ4n) is 4.69. The highest BCUT2D eigenvalue weighted by Crippen LogP contribution is 2.43. The predicted molar refractivity (Wildman–Crippen MR) is 139 cm³/mol. The Morgan fingerprint density at radius 1 is 1.27 bits per heavy atom. The number of likely N-dealkylation sites (tertiary alicyclic amines) is 1. The Labute approximate surface area is 201 Å². The van der Waals surface area contributed by atoms with Gasteiger partial charge < -0.3 is 4.57 Å². The van der Waals surface area contributed by atoms with Gasteiger partial charge in [0, 0.05) is 18.9 Å². The first-order chi connectivity index (χ1) is 16.3. The third kappa shape index (κ3) is 8.14. The first-order valence-corrected chi connectivity index (χ1v) is 12.7. The van der Waals surface area contributed by atoms with Crippen molar-refractivity contribution in [3.05, 3.63) is 60.5 Å². The Morgan fingerprint density at radius 2 is 2.12 bits per heavy atom. The molecule has 5 heteroatoms. The molecule has 0 spiro atoms. The second kappa shape index (κ2) is 15.4. The van der Waals surface area contributed by atoms with E-state index in [4.69, 9.17) is 4.98 Å². The Kier molecular flexibility index (Phi) is 12.5. The minimum atomic E-state index is 0.474. The van der Waals surface area contributed by atoms with Gasteiger partial charge in [0.15, 0.2) is 0 Å². The lowest BCUT2D eigenvalue weighted by molar-refractivity contribution is 0.0686. The summed E-state index contributed by atoms with van der Waals surface area (Å²) in [6, 6.07) is 4.82. The van der Waals surface area contributed by atoms with Gasteiger partial charge in [0.25, 0.3) is 0 Å². The molecule has 33 heavy (non-hydrogen) atoms. The SMILES string of the molecule is C=CC#CC.CC.CCCCNCn1cnc(CN2CCCC3CCc4cccnc4C32)c1. The van der Waals surface area contributed by atoms with Gasteiger partial charge in [-0.1, -0.05) is 45.8 Å². The van der Waals surface area contributed by atoms with Gasteiger partial charge in [0.2, 0.25) is 0 Å². The van der Waals surface area contributed by atoms with Crippen LogP contribution in [0, 0.1) is 17.8 Å². The summed E-state index contributed by atoms with van der Waals surface area (Å²) in [4.78, 5) is 12.1. The summed E-state index contributed by atoms with van der Waals surface area (Å²) in [5, 5.41) is 3.48.